The maximum absolute atomic E-state index is 13.4. The van der Waals surface area contributed by atoms with Gasteiger partial charge < -0.3 is 44.0 Å². The van der Waals surface area contributed by atoms with Crippen LogP contribution in [0.15, 0.2) is 39.5 Å². The van der Waals surface area contributed by atoms with Crippen LogP contribution in [0, 0.1) is 0 Å². The molecule has 5 unspecified atom stereocenters. The van der Waals surface area contributed by atoms with Crippen LogP contribution in [0.5, 0.6) is 17.2 Å². The highest BCUT2D eigenvalue weighted by Gasteiger charge is 2.48. The second kappa shape index (κ2) is 13.3. The van der Waals surface area contributed by atoms with Gasteiger partial charge in [-0.25, -0.2) is 0 Å². The average Bonchev–Trinajstić information content (AvgIpc) is 3.00. The summed E-state index contributed by atoms with van der Waals surface area (Å²) in [4.78, 5) is 38.8. The van der Waals surface area contributed by atoms with Gasteiger partial charge in [0.2, 0.25) is 0 Å². The van der Waals surface area contributed by atoms with Crippen LogP contribution in [0.1, 0.15) is 48.2 Å². The Morgan fingerprint density at radius 3 is 2.31 bits per heavy atom. The molecule has 0 aliphatic carbocycles. The minimum atomic E-state index is -1.81. The Hall–Kier alpha value is -3.97. The van der Waals surface area contributed by atoms with Gasteiger partial charge in [0.15, 0.2) is 29.3 Å². The van der Waals surface area contributed by atoms with Gasteiger partial charge in [-0.1, -0.05) is 19.8 Å². The van der Waals surface area contributed by atoms with Crippen LogP contribution >= 0.6 is 0 Å². The van der Waals surface area contributed by atoms with Gasteiger partial charge in [0, 0.05) is 35.4 Å². The van der Waals surface area contributed by atoms with E-state index in [0.717, 1.165) is 12.8 Å². The van der Waals surface area contributed by atoms with Gasteiger partial charge in [0.1, 0.15) is 41.5 Å². The summed E-state index contributed by atoms with van der Waals surface area (Å²) in [6, 6.07) is 7.51. The second-order valence-electron chi connectivity index (χ2n) is 9.89. The topological polar surface area (TPSA) is 174 Å². The van der Waals surface area contributed by atoms with Gasteiger partial charge in [0.25, 0.3) is 5.91 Å². The zero-order valence-electron chi connectivity index (χ0n) is 23.8. The number of aliphatic hydroxyl groups is 3. The number of hydrogen-bond donors (Lipinski definition) is 4. The number of methoxy groups -OCH3 is 3. The summed E-state index contributed by atoms with van der Waals surface area (Å²) in [7, 11) is 4.26. The minimum absolute atomic E-state index is 0.00563. The lowest BCUT2D eigenvalue weighted by Crippen LogP contribution is -2.59. The van der Waals surface area contributed by atoms with Gasteiger partial charge in [-0.3, -0.25) is 14.4 Å². The molecule has 0 radical (unpaired) electrons. The molecule has 226 valence electrons. The van der Waals surface area contributed by atoms with Crippen LogP contribution in [-0.2, 0) is 9.53 Å². The highest BCUT2D eigenvalue weighted by molar-refractivity contribution is 5.99. The monoisotopic (exact) mass is 585 g/mol. The number of unbranched alkanes of at least 4 members (excludes halogenated alkanes) is 2. The molecule has 3 aromatic rings. The molecule has 42 heavy (non-hydrogen) atoms. The molecule has 0 bridgehead atoms. The van der Waals surface area contributed by atoms with Crippen molar-refractivity contribution in [2.45, 2.75) is 56.7 Å². The lowest BCUT2D eigenvalue weighted by Gasteiger charge is -2.40. The van der Waals surface area contributed by atoms with Crippen LogP contribution in [0.4, 0.5) is 0 Å². The van der Waals surface area contributed by atoms with Crippen LogP contribution in [0.25, 0.3) is 22.3 Å². The number of fused-ring (bicyclic) bond motifs is 1. The minimum Gasteiger partial charge on any atom is -0.496 e. The molecule has 2 aromatic carbocycles. The van der Waals surface area contributed by atoms with Crippen molar-refractivity contribution in [2.24, 2.45) is 0 Å². The number of aliphatic hydroxyl groups excluding tert-OH is 3. The molecule has 1 aliphatic rings. The van der Waals surface area contributed by atoms with Crippen molar-refractivity contribution in [3.8, 4) is 28.6 Å². The summed E-state index contributed by atoms with van der Waals surface area (Å²) >= 11 is 0. The fourth-order valence-electron chi connectivity index (χ4n) is 5.08. The number of amides is 1. The summed E-state index contributed by atoms with van der Waals surface area (Å²) in [6.45, 7) is 2.34. The summed E-state index contributed by atoms with van der Waals surface area (Å²) in [5, 5.41) is 34.6. The first-order valence-corrected chi connectivity index (χ1v) is 13.5. The first-order chi connectivity index (χ1) is 20.2. The highest BCUT2D eigenvalue weighted by atomic mass is 16.5. The van der Waals surface area contributed by atoms with Crippen LogP contribution in [-0.4, -0.2) is 79.8 Å². The predicted octanol–water partition coefficient (Wildman–Crippen LogP) is 2.13. The Labute approximate surface area is 241 Å². The molecule has 1 amide bonds. The van der Waals surface area contributed by atoms with Crippen molar-refractivity contribution in [3.05, 3.63) is 51.7 Å². The largest absolute Gasteiger partial charge is 0.496 e. The van der Waals surface area contributed by atoms with Crippen molar-refractivity contribution in [3.63, 3.8) is 0 Å². The maximum Gasteiger partial charge on any atom is 0.251 e. The number of aldehydes is 1. The molecule has 12 nitrogen and oxygen atoms in total. The fourth-order valence-corrected chi connectivity index (χ4v) is 5.08. The third-order valence-corrected chi connectivity index (χ3v) is 7.30. The van der Waals surface area contributed by atoms with Crippen molar-refractivity contribution < 1.29 is 48.3 Å². The van der Waals surface area contributed by atoms with Gasteiger partial charge in [-0.05, 0) is 24.6 Å². The third kappa shape index (κ3) is 5.84. The molecule has 2 heterocycles. The number of hydrogen-bond acceptors (Lipinski definition) is 11. The second-order valence-corrected chi connectivity index (χ2v) is 9.89. The van der Waals surface area contributed by atoms with E-state index in [1.807, 2.05) is 6.92 Å². The highest BCUT2D eigenvalue weighted by Crippen LogP contribution is 2.42. The molecule has 0 spiro atoms. The van der Waals surface area contributed by atoms with Crippen molar-refractivity contribution in [1.82, 2.24) is 5.32 Å². The summed E-state index contributed by atoms with van der Waals surface area (Å²) in [5.41, 5.74) is -0.368. The van der Waals surface area contributed by atoms with Crippen LogP contribution in [0.2, 0.25) is 0 Å². The lowest BCUT2D eigenvalue weighted by atomic mass is 9.87. The molecule has 1 saturated heterocycles. The van der Waals surface area contributed by atoms with Gasteiger partial charge in [-0.2, -0.15) is 0 Å². The van der Waals surface area contributed by atoms with Crippen LogP contribution < -0.4 is 25.0 Å². The lowest BCUT2D eigenvalue weighted by molar-refractivity contribution is -0.223. The first kappa shape index (κ1) is 31.0. The maximum atomic E-state index is 13.4. The Morgan fingerprint density at radius 2 is 1.67 bits per heavy atom. The Morgan fingerprint density at radius 1 is 0.952 bits per heavy atom. The summed E-state index contributed by atoms with van der Waals surface area (Å²) in [6.07, 6.45) is -5.50. The van der Waals surface area contributed by atoms with Crippen molar-refractivity contribution in [1.29, 1.82) is 0 Å². The average molecular weight is 586 g/mol. The molecule has 4 rings (SSSR count). The zero-order valence-corrected chi connectivity index (χ0v) is 23.8. The van der Waals surface area contributed by atoms with E-state index in [2.05, 4.69) is 5.32 Å². The van der Waals surface area contributed by atoms with E-state index in [-0.39, 0.29) is 33.6 Å². The number of rotatable bonds is 11. The standard InChI is InChI=1S/C30H35NO11/c1-5-6-7-10-31-30(37)29-27(36)25(34)26(35)28(42-29)24-16(14-32)23-17(33)12-19(41-22(23)13-21(24)40-4)15-8-9-18(38-2)20(11-15)39-3/h8-9,11-14,25-29,34-36H,5-7,10H2,1-4H3,(H,31,37). The number of nitrogens with one attached hydrogen (secondary N) is 1. The van der Waals surface area contributed by atoms with Gasteiger partial charge in [0.05, 0.1) is 26.7 Å². The molecule has 4 N–H and O–H groups in total. The summed E-state index contributed by atoms with van der Waals surface area (Å²) < 4.78 is 28.0. The normalized spacial score (nSPS) is 22.0. The number of ether oxygens (including phenoxy) is 4. The van der Waals surface area contributed by atoms with Gasteiger partial charge >= 0.3 is 0 Å². The van der Waals surface area contributed by atoms with E-state index in [4.69, 9.17) is 23.4 Å². The van der Waals surface area contributed by atoms with E-state index in [1.165, 1.54) is 33.5 Å². The molecule has 12 heteroatoms. The quantitative estimate of drug-likeness (QED) is 0.192. The SMILES string of the molecule is CCCCCNC(=O)C1OC(c2c(OC)cc3oc(-c4ccc(OC)c(OC)c4)cc(=O)c3c2C=O)C(O)C(O)C1O. The van der Waals surface area contributed by atoms with E-state index >= 15 is 0 Å². The molecule has 5 atom stereocenters. The number of carbonyl (C=O) groups is 2. The Kier molecular flexibility index (Phi) is 9.84. The van der Waals surface area contributed by atoms with Crippen LogP contribution in [0.3, 0.4) is 0 Å². The van der Waals surface area contributed by atoms with E-state index in [9.17, 15) is 29.7 Å². The molecular formula is C30H35NO11. The first-order valence-electron chi connectivity index (χ1n) is 13.5. The van der Waals surface area contributed by atoms with E-state index in [0.29, 0.717) is 36.3 Å². The smallest absolute Gasteiger partial charge is 0.251 e. The molecule has 0 saturated carbocycles. The van der Waals surface area contributed by atoms with E-state index < -0.39 is 41.9 Å². The van der Waals surface area contributed by atoms with Crippen molar-refractivity contribution >= 4 is 23.2 Å². The molecular weight excluding hydrogens is 550 g/mol. The number of benzene rings is 2. The summed E-state index contributed by atoms with van der Waals surface area (Å²) in [5.74, 6) is 0.359. The Balaban J connectivity index is 1.81. The predicted molar refractivity (Wildman–Crippen MR) is 151 cm³/mol. The molecule has 1 aliphatic heterocycles. The molecule has 1 fully saturated rings. The zero-order chi connectivity index (χ0) is 30.6. The fraction of sp³-hybridized carbons (Fsp3) is 0.433. The Bertz CT molecular complexity index is 1500. The van der Waals surface area contributed by atoms with E-state index in [1.54, 1.807) is 18.2 Å². The molecule has 1 aromatic heterocycles. The van der Waals surface area contributed by atoms with Gasteiger partial charge in [-0.15, -0.1) is 0 Å². The third-order valence-electron chi connectivity index (χ3n) is 7.30. The van der Waals surface area contributed by atoms with Crippen molar-refractivity contribution in [2.75, 3.05) is 27.9 Å². The number of carbonyl (C=O) groups excluding carboxylic acids is 2.